The molecule has 0 atom stereocenters. The molecule has 1 N–H and O–H groups in total. The molecule has 0 amide bonds. The smallest absolute Gasteiger partial charge is 0.336 e. The van der Waals surface area contributed by atoms with Crippen molar-refractivity contribution in [2.45, 2.75) is 13.3 Å². The first-order valence-electron chi connectivity index (χ1n) is 8.21. The zero-order valence-electron chi connectivity index (χ0n) is 14.4. The number of hydrogen-bond acceptors (Lipinski definition) is 6. The molecule has 138 valence electrons. The summed E-state index contributed by atoms with van der Waals surface area (Å²) in [6, 6.07) is 11.2. The van der Waals surface area contributed by atoms with Gasteiger partial charge in [0, 0.05) is 28.8 Å². The summed E-state index contributed by atoms with van der Waals surface area (Å²) in [5, 5.41) is 11.3. The molecule has 3 aromatic rings. The van der Waals surface area contributed by atoms with E-state index >= 15 is 0 Å². The Morgan fingerprint density at radius 2 is 2.11 bits per heavy atom. The molecule has 2 aromatic carbocycles. The van der Waals surface area contributed by atoms with Gasteiger partial charge in [0.2, 0.25) is 0 Å². The van der Waals surface area contributed by atoms with Crippen LogP contribution < -0.4 is 5.63 Å². The van der Waals surface area contributed by atoms with Gasteiger partial charge in [0.1, 0.15) is 17.0 Å². The number of esters is 1. The number of carbonyl (C=O) groups excluding carboxylic acids is 1. The van der Waals surface area contributed by atoms with E-state index in [-0.39, 0.29) is 30.0 Å². The molecular weight excluding hydrogens is 370 g/mol. The Morgan fingerprint density at radius 3 is 2.85 bits per heavy atom. The standard InChI is InChI=1S/C20H16ClNO5/c1-2-26-19(24)7-13-8-20(25)27-18-10-17(23)16(9-15(13)18)22-11-12-4-3-5-14(21)6-12/h3-6,8-11,23H,2,7H2,1H3. The number of carbonyl (C=O) groups is 1. The van der Waals surface area contributed by atoms with E-state index in [4.69, 9.17) is 20.8 Å². The second-order valence-corrected chi connectivity index (χ2v) is 6.16. The minimum Gasteiger partial charge on any atom is -0.506 e. The fourth-order valence-electron chi connectivity index (χ4n) is 2.60. The van der Waals surface area contributed by atoms with E-state index in [1.807, 2.05) is 6.07 Å². The highest BCUT2D eigenvalue weighted by atomic mass is 35.5. The summed E-state index contributed by atoms with van der Waals surface area (Å²) in [5.41, 5.74) is 1.02. The number of aliphatic imine (C=N–C) groups is 1. The van der Waals surface area contributed by atoms with Crippen molar-refractivity contribution >= 4 is 40.4 Å². The number of ether oxygens (including phenoxy) is 1. The molecule has 0 saturated heterocycles. The third-order valence-electron chi connectivity index (χ3n) is 3.77. The van der Waals surface area contributed by atoms with Crippen molar-refractivity contribution in [3.05, 3.63) is 69.0 Å². The highest BCUT2D eigenvalue weighted by Gasteiger charge is 2.13. The number of phenols is 1. The fraction of sp³-hybridized carbons (Fsp3) is 0.150. The van der Waals surface area contributed by atoms with Crippen LogP contribution >= 0.6 is 11.6 Å². The van der Waals surface area contributed by atoms with Crippen LogP contribution in [-0.4, -0.2) is 23.9 Å². The van der Waals surface area contributed by atoms with Crippen LogP contribution in [0.25, 0.3) is 11.0 Å². The van der Waals surface area contributed by atoms with Crippen LogP contribution in [0, 0.1) is 0 Å². The maximum Gasteiger partial charge on any atom is 0.336 e. The Bertz CT molecular complexity index is 1090. The normalized spacial score (nSPS) is 11.2. The lowest BCUT2D eigenvalue weighted by Gasteiger charge is -2.07. The van der Waals surface area contributed by atoms with Gasteiger partial charge >= 0.3 is 11.6 Å². The first-order chi connectivity index (χ1) is 13.0. The van der Waals surface area contributed by atoms with Crippen LogP contribution in [0.2, 0.25) is 5.02 Å². The van der Waals surface area contributed by atoms with Gasteiger partial charge in [0.15, 0.2) is 0 Å². The van der Waals surface area contributed by atoms with Gasteiger partial charge < -0.3 is 14.3 Å². The Balaban J connectivity index is 2.04. The summed E-state index contributed by atoms with van der Waals surface area (Å²) in [6.07, 6.45) is 1.47. The van der Waals surface area contributed by atoms with Crippen LogP contribution in [0.5, 0.6) is 5.75 Å². The van der Waals surface area contributed by atoms with Crippen LogP contribution in [0.15, 0.2) is 56.7 Å². The summed E-state index contributed by atoms with van der Waals surface area (Å²) in [6.45, 7) is 1.95. The Hall–Kier alpha value is -3.12. The molecule has 0 aliphatic carbocycles. The van der Waals surface area contributed by atoms with Crippen LogP contribution in [0.1, 0.15) is 18.1 Å². The number of halogens is 1. The van der Waals surface area contributed by atoms with E-state index in [9.17, 15) is 14.7 Å². The molecule has 3 rings (SSSR count). The molecule has 1 aromatic heterocycles. The number of fused-ring (bicyclic) bond motifs is 1. The maximum absolute atomic E-state index is 11.8. The first kappa shape index (κ1) is 18.7. The molecule has 1 heterocycles. The van der Waals surface area contributed by atoms with Crippen LogP contribution in [-0.2, 0) is 16.0 Å². The Labute approximate surface area is 159 Å². The highest BCUT2D eigenvalue weighted by Crippen LogP contribution is 2.33. The third-order valence-corrected chi connectivity index (χ3v) is 4.00. The maximum atomic E-state index is 11.8. The van der Waals surface area contributed by atoms with Gasteiger partial charge in [0.05, 0.1) is 13.0 Å². The fourth-order valence-corrected chi connectivity index (χ4v) is 2.80. The number of rotatable bonds is 5. The molecule has 0 aliphatic heterocycles. The highest BCUT2D eigenvalue weighted by molar-refractivity contribution is 6.30. The van der Waals surface area contributed by atoms with Crippen LogP contribution in [0.3, 0.4) is 0 Å². The van der Waals surface area contributed by atoms with Gasteiger partial charge in [-0.3, -0.25) is 9.79 Å². The van der Waals surface area contributed by atoms with E-state index in [1.54, 1.807) is 37.4 Å². The molecule has 27 heavy (non-hydrogen) atoms. The molecule has 0 radical (unpaired) electrons. The van der Waals surface area contributed by atoms with Crippen molar-refractivity contribution in [3.8, 4) is 5.75 Å². The quantitative estimate of drug-likeness (QED) is 0.407. The first-order valence-corrected chi connectivity index (χ1v) is 8.59. The monoisotopic (exact) mass is 385 g/mol. The molecule has 0 spiro atoms. The van der Waals surface area contributed by atoms with E-state index in [0.717, 1.165) is 5.56 Å². The summed E-state index contributed by atoms with van der Waals surface area (Å²) < 4.78 is 10.1. The van der Waals surface area contributed by atoms with Gasteiger partial charge in [0.25, 0.3) is 0 Å². The second kappa shape index (κ2) is 8.05. The number of hydrogen-bond donors (Lipinski definition) is 1. The number of aromatic hydroxyl groups is 1. The minimum absolute atomic E-state index is 0.0852. The predicted octanol–water partition coefficient (Wildman–Crippen LogP) is 4.01. The molecule has 7 heteroatoms. The number of benzene rings is 2. The lowest BCUT2D eigenvalue weighted by molar-refractivity contribution is -0.142. The molecule has 0 unspecified atom stereocenters. The summed E-state index contributed by atoms with van der Waals surface area (Å²) >= 11 is 5.95. The van der Waals surface area contributed by atoms with Crippen molar-refractivity contribution in [3.63, 3.8) is 0 Å². The largest absolute Gasteiger partial charge is 0.506 e. The average Bonchev–Trinajstić information content (AvgIpc) is 2.60. The van der Waals surface area contributed by atoms with Crippen LogP contribution in [0.4, 0.5) is 5.69 Å². The van der Waals surface area contributed by atoms with Gasteiger partial charge in [-0.05, 0) is 36.2 Å². The molecule has 0 saturated carbocycles. The molecule has 0 fully saturated rings. The third kappa shape index (κ3) is 4.54. The molecule has 0 aliphatic rings. The van der Waals surface area contributed by atoms with E-state index < -0.39 is 11.6 Å². The van der Waals surface area contributed by atoms with E-state index in [1.165, 1.54) is 12.1 Å². The molecule has 0 bridgehead atoms. The number of nitrogens with zero attached hydrogens (tertiary/aromatic N) is 1. The van der Waals surface area contributed by atoms with Crippen molar-refractivity contribution in [2.75, 3.05) is 6.61 Å². The lowest BCUT2D eigenvalue weighted by atomic mass is 10.1. The Kier molecular flexibility index (Phi) is 5.57. The molecular formula is C20H16ClNO5. The molecule has 6 nitrogen and oxygen atoms in total. The number of phenolic OH excluding ortho intramolecular Hbond substituents is 1. The van der Waals surface area contributed by atoms with Gasteiger partial charge in [-0.1, -0.05) is 23.7 Å². The van der Waals surface area contributed by atoms with Gasteiger partial charge in [-0.25, -0.2) is 4.79 Å². The Morgan fingerprint density at radius 1 is 1.30 bits per heavy atom. The van der Waals surface area contributed by atoms with E-state index in [0.29, 0.717) is 16.0 Å². The summed E-state index contributed by atoms with van der Waals surface area (Å²) in [4.78, 5) is 27.8. The zero-order chi connectivity index (χ0) is 19.4. The summed E-state index contributed by atoms with van der Waals surface area (Å²) in [7, 11) is 0. The van der Waals surface area contributed by atoms with Gasteiger partial charge in [-0.15, -0.1) is 0 Å². The second-order valence-electron chi connectivity index (χ2n) is 5.72. The summed E-state index contributed by atoms with van der Waals surface area (Å²) in [5.74, 6) is -0.612. The average molecular weight is 386 g/mol. The lowest BCUT2D eigenvalue weighted by Crippen LogP contribution is -2.10. The van der Waals surface area contributed by atoms with Crippen molar-refractivity contribution in [1.82, 2.24) is 0 Å². The topological polar surface area (TPSA) is 89.1 Å². The van der Waals surface area contributed by atoms with Gasteiger partial charge in [-0.2, -0.15) is 0 Å². The SMILES string of the molecule is CCOC(=O)Cc1cc(=O)oc2cc(O)c(N=Cc3cccc(Cl)c3)cc12. The zero-order valence-corrected chi connectivity index (χ0v) is 15.2. The minimum atomic E-state index is -0.614. The predicted molar refractivity (Wildman–Crippen MR) is 103 cm³/mol. The van der Waals surface area contributed by atoms with Crippen molar-refractivity contribution < 1.29 is 19.1 Å². The van der Waals surface area contributed by atoms with Crippen molar-refractivity contribution in [2.24, 2.45) is 4.99 Å². The van der Waals surface area contributed by atoms with Crippen molar-refractivity contribution in [1.29, 1.82) is 0 Å². The van der Waals surface area contributed by atoms with E-state index in [2.05, 4.69) is 4.99 Å².